The minimum Gasteiger partial charge on any atom is -0.481 e. The van der Waals surface area contributed by atoms with Gasteiger partial charge in [-0.25, -0.2) is 0 Å². The maximum Gasteiger partial charge on any atom is 0.305 e. The molecule has 0 atom stereocenters. The van der Waals surface area contributed by atoms with E-state index in [1.807, 2.05) is 6.92 Å². The second-order valence-corrected chi connectivity index (χ2v) is 4.79. The number of nitrogens with one attached hydrogen (secondary N) is 1. The number of carboxylic acids is 1. The molecule has 6 nitrogen and oxygen atoms in total. The summed E-state index contributed by atoms with van der Waals surface area (Å²) < 4.78 is 0. The van der Waals surface area contributed by atoms with Crippen LogP contribution in [0, 0.1) is 5.92 Å². The molecule has 0 bridgehead atoms. The van der Waals surface area contributed by atoms with E-state index in [4.69, 9.17) is 5.11 Å². The minimum atomic E-state index is -0.900. The molecule has 1 aliphatic carbocycles. The fourth-order valence-electron chi connectivity index (χ4n) is 1.79. The summed E-state index contributed by atoms with van der Waals surface area (Å²) in [5.74, 6) is -0.670. The smallest absolute Gasteiger partial charge is 0.305 e. The molecule has 2 amide bonds. The van der Waals surface area contributed by atoms with Crippen LogP contribution in [0.2, 0.25) is 0 Å². The summed E-state index contributed by atoms with van der Waals surface area (Å²) in [5.41, 5.74) is 0. The highest BCUT2D eigenvalue weighted by atomic mass is 16.4. The predicted molar refractivity (Wildman–Crippen MR) is 69.5 cm³/mol. The summed E-state index contributed by atoms with van der Waals surface area (Å²) in [6.45, 7) is 3.10. The van der Waals surface area contributed by atoms with Crippen molar-refractivity contribution in [2.24, 2.45) is 5.92 Å². The first-order valence-corrected chi connectivity index (χ1v) is 6.81. The number of carboxylic acid groups (broad SMARTS) is 1. The van der Waals surface area contributed by atoms with E-state index in [-0.39, 0.29) is 30.7 Å². The van der Waals surface area contributed by atoms with E-state index in [9.17, 15) is 14.4 Å². The molecular weight excluding hydrogens is 248 g/mol. The molecule has 0 aromatic rings. The Morgan fingerprint density at radius 2 is 1.95 bits per heavy atom. The van der Waals surface area contributed by atoms with Gasteiger partial charge in [-0.15, -0.1) is 0 Å². The van der Waals surface area contributed by atoms with Gasteiger partial charge in [-0.2, -0.15) is 0 Å². The molecule has 0 aliphatic heterocycles. The van der Waals surface area contributed by atoms with Gasteiger partial charge in [-0.05, 0) is 26.2 Å². The Morgan fingerprint density at radius 1 is 1.26 bits per heavy atom. The van der Waals surface area contributed by atoms with Crippen LogP contribution in [0.25, 0.3) is 0 Å². The first kappa shape index (κ1) is 15.5. The van der Waals surface area contributed by atoms with E-state index in [0.29, 0.717) is 25.9 Å². The maximum absolute atomic E-state index is 11.8. The summed E-state index contributed by atoms with van der Waals surface area (Å²) in [6.07, 6.45) is 2.87. The highest BCUT2D eigenvalue weighted by Crippen LogP contribution is 2.28. The van der Waals surface area contributed by atoms with Gasteiger partial charge in [0, 0.05) is 32.0 Å². The number of hydrogen-bond acceptors (Lipinski definition) is 3. The van der Waals surface area contributed by atoms with Crippen LogP contribution in [0.1, 0.15) is 39.0 Å². The van der Waals surface area contributed by atoms with Crippen molar-refractivity contribution in [3.05, 3.63) is 0 Å². The molecule has 6 heteroatoms. The van der Waals surface area contributed by atoms with Gasteiger partial charge in [0.15, 0.2) is 0 Å². The highest BCUT2D eigenvalue weighted by molar-refractivity contribution is 5.81. The van der Waals surface area contributed by atoms with Gasteiger partial charge in [0.25, 0.3) is 0 Å². The molecular formula is C13H22N2O4. The summed E-state index contributed by atoms with van der Waals surface area (Å²) in [5, 5.41) is 11.4. The average Bonchev–Trinajstić information content (AvgIpc) is 3.18. The van der Waals surface area contributed by atoms with Crippen LogP contribution in [0.4, 0.5) is 0 Å². The first-order valence-electron chi connectivity index (χ1n) is 6.81. The van der Waals surface area contributed by atoms with Crippen molar-refractivity contribution >= 4 is 17.8 Å². The van der Waals surface area contributed by atoms with Crippen molar-refractivity contribution in [1.29, 1.82) is 0 Å². The highest BCUT2D eigenvalue weighted by Gasteiger charge is 2.29. The number of amides is 2. The maximum atomic E-state index is 11.8. The Balaban J connectivity index is 2.13. The molecule has 2 N–H and O–H groups in total. The van der Waals surface area contributed by atoms with E-state index in [1.54, 1.807) is 0 Å². The fourth-order valence-corrected chi connectivity index (χ4v) is 1.79. The van der Waals surface area contributed by atoms with E-state index < -0.39 is 5.97 Å². The van der Waals surface area contributed by atoms with E-state index >= 15 is 0 Å². The molecule has 0 radical (unpaired) electrons. The number of nitrogens with zero attached hydrogens (tertiary/aromatic N) is 1. The van der Waals surface area contributed by atoms with Crippen molar-refractivity contribution < 1.29 is 19.5 Å². The number of carbonyl (C=O) groups is 3. The molecule has 0 heterocycles. The van der Waals surface area contributed by atoms with Crippen molar-refractivity contribution in [3.8, 4) is 0 Å². The minimum absolute atomic E-state index is 0.0298. The number of carbonyl (C=O) groups excluding carboxylic acids is 2. The zero-order valence-electron chi connectivity index (χ0n) is 11.4. The molecule has 1 fully saturated rings. The lowest BCUT2D eigenvalue weighted by molar-refractivity contribution is -0.138. The number of rotatable bonds is 9. The zero-order chi connectivity index (χ0) is 14.3. The van der Waals surface area contributed by atoms with Gasteiger partial charge in [0.05, 0.1) is 6.42 Å². The second kappa shape index (κ2) is 7.76. The lowest BCUT2D eigenvalue weighted by Gasteiger charge is -2.19. The Bertz CT molecular complexity index is 340. The Hall–Kier alpha value is -1.59. The normalized spacial score (nSPS) is 13.9. The third kappa shape index (κ3) is 6.22. The summed E-state index contributed by atoms with van der Waals surface area (Å²) >= 11 is 0. The zero-order valence-corrected chi connectivity index (χ0v) is 11.4. The molecule has 1 saturated carbocycles. The average molecular weight is 270 g/mol. The molecule has 1 aliphatic rings. The molecule has 0 aromatic carbocycles. The molecule has 19 heavy (non-hydrogen) atoms. The topological polar surface area (TPSA) is 86.7 Å². The standard InChI is InChI=1S/C13H22N2O4/c1-2-15(9-7-12(17)18)11(16)4-3-8-14-13(19)10-5-6-10/h10H,2-9H2,1H3,(H,14,19)(H,17,18). The van der Waals surface area contributed by atoms with Crippen molar-refractivity contribution in [2.45, 2.75) is 39.0 Å². The van der Waals surface area contributed by atoms with Crippen LogP contribution in [0.15, 0.2) is 0 Å². The summed E-state index contributed by atoms with van der Waals surface area (Å²) in [4.78, 5) is 35.1. The number of aliphatic carboxylic acids is 1. The molecule has 0 aromatic heterocycles. The van der Waals surface area contributed by atoms with E-state index in [1.165, 1.54) is 4.90 Å². The van der Waals surface area contributed by atoms with Crippen LogP contribution in [0.5, 0.6) is 0 Å². The molecule has 1 rings (SSSR count). The van der Waals surface area contributed by atoms with Crippen molar-refractivity contribution in [1.82, 2.24) is 10.2 Å². The molecule has 108 valence electrons. The van der Waals surface area contributed by atoms with Gasteiger partial charge >= 0.3 is 5.97 Å². The monoisotopic (exact) mass is 270 g/mol. The lowest BCUT2D eigenvalue weighted by atomic mass is 10.2. The fraction of sp³-hybridized carbons (Fsp3) is 0.769. The van der Waals surface area contributed by atoms with Crippen LogP contribution in [-0.4, -0.2) is 47.4 Å². The summed E-state index contributed by atoms with van der Waals surface area (Å²) in [7, 11) is 0. The second-order valence-electron chi connectivity index (χ2n) is 4.79. The van der Waals surface area contributed by atoms with Crippen LogP contribution >= 0.6 is 0 Å². The van der Waals surface area contributed by atoms with E-state index in [2.05, 4.69) is 5.32 Å². The lowest BCUT2D eigenvalue weighted by Crippen LogP contribution is -2.33. The Kier molecular flexibility index (Phi) is 6.32. The SMILES string of the molecule is CCN(CCC(=O)O)C(=O)CCCNC(=O)C1CC1. The third-order valence-corrected chi connectivity index (χ3v) is 3.14. The van der Waals surface area contributed by atoms with Gasteiger partial charge in [-0.1, -0.05) is 0 Å². The third-order valence-electron chi connectivity index (χ3n) is 3.14. The van der Waals surface area contributed by atoms with Crippen LogP contribution in [0.3, 0.4) is 0 Å². The van der Waals surface area contributed by atoms with Crippen molar-refractivity contribution in [3.63, 3.8) is 0 Å². The quantitative estimate of drug-likeness (QED) is 0.601. The largest absolute Gasteiger partial charge is 0.481 e. The number of hydrogen-bond donors (Lipinski definition) is 2. The van der Waals surface area contributed by atoms with E-state index in [0.717, 1.165) is 12.8 Å². The first-order chi connectivity index (χ1) is 9.04. The van der Waals surface area contributed by atoms with Crippen LogP contribution in [-0.2, 0) is 14.4 Å². The molecule has 0 unspecified atom stereocenters. The Labute approximate surface area is 113 Å². The van der Waals surface area contributed by atoms with Crippen LogP contribution < -0.4 is 5.32 Å². The predicted octanol–water partition coefficient (Wildman–Crippen LogP) is 0.616. The van der Waals surface area contributed by atoms with Gasteiger partial charge < -0.3 is 15.3 Å². The Morgan fingerprint density at radius 3 is 2.47 bits per heavy atom. The summed E-state index contributed by atoms with van der Waals surface area (Å²) in [6, 6.07) is 0. The van der Waals surface area contributed by atoms with Gasteiger partial charge in [0.1, 0.15) is 0 Å². The molecule has 0 spiro atoms. The molecule has 0 saturated heterocycles. The van der Waals surface area contributed by atoms with Gasteiger partial charge in [0.2, 0.25) is 11.8 Å². The van der Waals surface area contributed by atoms with Crippen molar-refractivity contribution in [2.75, 3.05) is 19.6 Å². The van der Waals surface area contributed by atoms with Gasteiger partial charge in [-0.3, -0.25) is 14.4 Å².